The van der Waals surface area contributed by atoms with Crippen LogP contribution in [-0.4, -0.2) is 0 Å². The van der Waals surface area contributed by atoms with Crippen molar-refractivity contribution < 1.29 is 15.2 Å². The first-order valence-electron chi connectivity index (χ1n) is 6.72. The minimum absolute atomic E-state index is 0.688. The third-order valence-corrected chi connectivity index (χ3v) is 4.66. The van der Waals surface area contributed by atoms with Crippen molar-refractivity contribution in [3.8, 4) is 0 Å². The second kappa shape index (κ2) is 9.52. The summed E-state index contributed by atoms with van der Waals surface area (Å²) in [5.41, 5.74) is 0. The Morgan fingerprint density at radius 2 is 1.06 bits per heavy atom. The molecule has 2 aliphatic carbocycles. The van der Waals surface area contributed by atoms with Crippen LogP contribution in [0.4, 0.5) is 0 Å². The zero-order chi connectivity index (χ0) is 12.3. The van der Waals surface area contributed by atoms with Gasteiger partial charge in [-0.05, 0) is 0 Å². The summed E-state index contributed by atoms with van der Waals surface area (Å²) < 4.78 is 1.47. The summed E-state index contributed by atoms with van der Waals surface area (Å²) in [5.74, 6) is 0. The maximum absolute atomic E-state index is 2.29. The van der Waals surface area contributed by atoms with E-state index in [9.17, 15) is 0 Å². The molecule has 94 valence electrons. The minimum atomic E-state index is 0.688. The first kappa shape index (κ1) is 14.6. The van der Waals surface area contributed by atoms with Gasteiger partial charge in [-0.15, -0.1) is 0 Å². The van der Waals surface area contributed by atoms with E-state index >= 15 is 0 Å². The maximum Gasteiger partial charge on any atom is -0.0536 e. The topological polar surface area (TPSA) is 0 Å². The van der Waals surface area contributed by atoms with Gasteiger partial charge in [-0.2, -0.15) is 0 Å². The predicted octanol–water partition coefficient (Wildman–Crippen LogP) is 5.48. The van der Waals surface area contributed by atoms with Crippen LogP contribution in [0, 0.1) is 0 Å². The van der Waals surface area contributed by atoms with Crippen LogP contribution >= 0.6 is 0 Å². The van der Waals surface area contributed by atoms with Gasteiger partial charge < -0.3 is 0 Å². The molecule has 0 aromatic heterocycles. The van der Waals surface area contributed by atoms with E-state index in [-0.39, 0.29) is 0 Å². The van der Waals surface area contributed by atoms with Crippen LogP contribution in [-0.2, 0) is 15.2 Å². The number of rotatable bonds is 5. The summed E-state index contributed by atoms with van der Waals surface area (Å²) in [5, 5.41) is 0. The zero-order valence-corrected chi connectivity index (χ0v) is 12.3. The summed E-state index contributed by atoms with van der Waals surface area (Å²) >= 11 is 0.688. The Balaban J connectivity index is 0.000000209. The SMILES string of the molecule is C1=C[CH]([Cr][CH]2C=CC=C2)C=C1.CCCCCC. The molecule has 17 heavy (non-hydrogen) atoms. The van der Waals surface area contributed by atoms with E-state index in [0.29, 0.717) is 15.2 Å². The molecule has 0 spiro atoms. The molecule has 0 bridgehead atoms. The third-order valence-electron chi connectivity index (χ3n) is 2.70. The molecule has 2 rings (SSSR count). The number of unbranched alkanes of at least 4 members (excludes halogenated alkanes) is 3. The van der Waals surface area contributed by atoms with Gasteiger partial charge >= 0.3 is 73.4 Å². The molecule has 0 saturated carbocycles. The molecule has 0 aliphatic heterocycles. The first-order valence-corrected chi connectivity index (χ1v) is 8.19. The van der Waals surface area contributed by atoms with Crippen LogP contribution in [0.3, 0.4) is 0 Å². The van der Waals surface area contributed by atoms with Gasteiger partial charge in [-0.1, -0.05) is 39.5 Å². The Morgan fingerprint density at radius 1 is 0.706 bits per heavy atom. The molecule has 0 N–H and O–H groups in total. The molecule has 0 fully saturated rings. The Kier molecular flexibility index (Phi) is 8.15. The molecule has 0 heterocycles. The van der Waals surface area contributed by atoms with Crippen molar-refractivity contribution in [1.29, 1.82) is 0 Å². The van der Waals surface area contributed by atoms with Crippen LogP contribution < -0.4 is 0 Å². The van der Waals surface area contributed by atoms with Gasteiger partial charge in [0.2, 0.25) is 0 Å². The molecule has 0 atom stereocenters. The van der Waals surface area contributed by atoms with Crippen LogP contribution in [0.25, 0.3) is 0 Å². The second-order valence-electron chi connectivity index (χ2n) is 4.31. The molecule has 1 heteroatoms. The van der Waals surface area contributed by atoms with Crippen molar-refractivity contribution in [1.82, 2.24) is 0 Å². The molecule has 0 saturated heterocycles. The van der Waals surface area contributed by atoms with Crippen molar-refractivity contribution in [2.75, 3.05) is 0 Å². The van der Waals surface area contributed by atoms with Gasteiger partial charge in [-0.3, -0.25) is 0 Å². The maximum atomic E-state index is 2.29. The van der Waals surface area contributed by atoms with E-state index in [1.165, 1.54) is 25.7 Å². The summed E-state index contributed by atoms with van der Waals surface area (Å²) in [6, 6.07) is 0. The largest absolute Gasteiger partial charge is 0.0654 e. The van der Waals surface area contributed by atoms with Crippen molar-refractivity contribution in [2.24, 2.45) is 0 Å². The van der Waals surface area contributed by atoms with Gasteiger partial charge in [0.05, 0.1) is 0 Å². The van der Waals surface area contributed by atoms with Crippen LogP contribution in [0.5, 0.6) is 0 Å². The third kappa shape index (κ3) is 6.72. The van der Waals surface area contributed by atoms with E-state index in [2.05, 4.69) is 62.5 Å². The smallest absolute Gasteiger partial charge is 0.0536 e. The van der Waals surface area contributed by atoms with Gasteiger partial charge in [0, 0.05) is 0 Å². The fourth-order valence-electron chi connectivity index (χ4n) is 1.69. The fraction of sp³-hybridized carbons (Fsp3) is 0.500. The summed E-state index contributed by atoms with van der Waals surface area (Å²) in [6.07, 6.45) is 23.3. The van der Waals surface area contributed by atoms with Crippen LogP contribution in [0.2, 0.25) is 9.56 Å². The van der Waals surface area contributed by atoms with Crippen molar-refractivity contribution >= 4 is 0 Å². The first-order chi connectivity index (χ1) is 8.36. The normalized spacial score (nSPS) is 17.8. The number of hydrogen-bond acceptors (Lipinski definition) is 0. The van der Waals surface area contributed by atoms with Gasteiger partial charge in [-0.25, -0.2) is 0 Å². The molecule has 0 aromatic rings. The summed E-state index contributed by atoms with van der Waals surface area (Å²) in [7, 11) is 0. The molecule has 0 unspecified atom stereocenters. The predicted molar refractivity (Wildman–Crippen MR) is 73.9 cm³/mol. The quantitative estimate of drug-likeness (QED) is 0.579. The Hall–Kier alpha value is -0.508. The molecular formula is C16H24Cr. The fourth-order valence-corrected chi connectivity index (χ4v) is 3.39. The monoisotopic (exact) mass is 268 g/mol. The van der Waals surface area contributed by atoms with E-state index < -0.39 is 0 Å². The molecule has 0 nitrogen and oxygen atoms in total. The molecule has 0 radical (unpaired) electrons. The molecule has 0 aromatic carbocycles. The number of hydrogen-bond donors (Lipinski definition) is 0. The average Bonchev–Trinajstić information content (AvgIpc) is 3.01. The molecular weight excluding hydrogens is 244 g/mol. The van der Waals surface area contributed by atoms with Gasteiger partial charge in [0.15, 0.2) is 0 Å². The average molecular weight is 268 g/mol. The van der Waals surface area contributed by atoms with Crippen molar-refractivity contribution in [3.63, 3.8) is 0 Å². The van der Waals surface area contributed by atoms with E-state index in [4.69, 9.17) is 0 Å². The standard InChI is InChI=1S/C6H14.2C5H5.Cr/c1-3-5-6-4-2;2*1-2-4-5-3-1;/h3-6H2,1-2H3;2*1-5H;. The summed E-state index contributed by atoms with van der Waals surface area (Å²) in [4.78, 5) is 0. The van der Waals surface area contributed by atoms with Crippen molar-refractivity contribution in [3.05, 3.63) is 48.6 Å². The van der Waals surface area contributed by atoms with Crippen molar-refractivity contribution in [2.45, 2.75) is 49.1 Å². The second-order valence-corrected chi connectivity index (χ2v) is 6.44. The summed E-state index contributed by atoms with van der Waals surface area (Å²) in [6.45, 7) is 4.46. The number of allylic oxidation sites excluding steroid dienone is 8. The molecule has 2 aliphatic rings. The van der Waals surface area contributed by atoms with Crippen LogP contribution in [0.1, 0.15) is 39.5 Å². The molecule has 0 amide bonds. The van der Waals surface area contributed by atoms with Gasteiger partial charge in [0.1, 0.15) is 0 Å². The van der Waals surface area contributed by atoms with E-state index in [1.807, 2.05) is 0 Å². The van der Waals surface area contributed by atoms with Gasteiger partial charge in [0.25, 0.3) is 0 Å². The zero-order valence-electron chi connectivity index (χ0n) is 11.0. The van der Waals surface area contributed by atoms with Crippen LogP contribution in [0.15, 0.2) is 48.6 Å². The Bertz CT molecular complexity index is 243. The Morgan fingerprint density at radius 3 is 1.35 bits per heavy atom. The Labute approximate surface area is 113 Å². The minimum Gasteiger partial charge on any atom is -0.0654 e. The van der Waals surface area contributed by atoms with E-state index in [0.717, 1.165) is 9.56 Å². The van der Waals surface area contributed by atoms with E-state index in [1.54, 1.807) is 0 Å².